The molecule has 1 unspecified atom stereocenters. The van der Waals surface area contributed by atoms with Crippen molar-refractivity contribution < 1.29 is 9.90 Å². The molecule has 3 rings (SSSR count). The van der Waals surface area contributed by atoms with Crippen LogP contribution in [0.25, 0.3) is 0 Å². The van der Waals surface area contributed by atoms with Crippen LogP contribution in [0.5, 0.6) is 5.75 Å². The number of nitrogens with one attached hydrogen (secondary N) is 4. The Bertz CT molecular complexity index is 1110. The van der Waals surface area contributed by atoms with Gasteiger partial charge >= 0.3 is 0 Å². The second-order valence-corrected chi connectivity index (χ2v) is 8.29. The molecule has 1 amide bonds. The number of H-pyrrole nitrogens is 2. The summed E-state index contributed by atoms with van der Waals surface area (Å²) in [6, 6.07) is 3.70. The van der Waals surface area contributed by atoms with Crippen molar-refractivity contribution in [3.8, 4) is 5.75 Å². The van der Waals surface area contributed by atoms with Gasteiger partial charge in [0, 0.05) is 24.4 Å². The van der Waals surface area contributed by atoms with Gasteiger partial charge in [-0.2, -0.15) is 0 Å². The molecular weight excluding hydrogens is 414 g/mol. The lowest BCUT2D eigenvalue weighted by atomic mass is 10.1. The fraction of sp³-hybridized carbons (Fsp3) is 0.278. The summed E-state index contributed by atoms with van der Waals surface area (Å²) in [6.07, 6.45) is 0.692. The van der Waals surface area contributed by atoms with E-state index < -0.39 is 11.1 Å². The summed E-state index contributed by atoms with van der Waals surface area (Å²) in [7, 11) is 3.15. The van der Waals surface area contributed by atoms with E-state index in [0.717, 1.165) is 16.2 Å². The van der Waals surface area contributed by atoms with Crippen LogP contribution in [-0.2, 0) is 0 Å². The molecule has 3 aromatic heterocycles. The van der Waals surface area contributed by atoms with Crippen LogP contribution in [-0.4, -0.2) is 40.2 Å². The number of hydrogen-bond acceptors (Lipinski definition) is 8. The first kappa shape index (κ1) is 20.7. The summed E-state index contributed by atoms with van der Waals surface area (Å²) >= 11 is 2.59. The van der Waals surface area contributed by atoms with Gasteiger partial charge in [-0.15, -0.1) is 22.7 Å². The van der Waals surface area contributed by atoms with E-state index in [0.29, 0.717) is 6.42 Å². The molecule has 5 N–H and O–H groups in total. The zero-order valence-corrected chi connectivity index (χ0v) is 17.7. The minimum absolute atomic E-state index is 0.0410. The molecule has 0 aromatic carbocycles. The number of anilines is 3. The van der Waals surface area contributed by atoms with Gasteiger partial charge in [-0.05, 0) is 17.9 Å². The van der Waals surface area contributed by atoms with Crippen LogP contribution in [0.15, 0.2) is 32.5 Å². The van der Waals surface area contributed by atoms with Crippen LogP contribution in [0, 0.1) is 0 Å². The largest absolute Gasteiger partial charge is 0.504 e. The highest BCUT2D eigenvalue weighted by atomic mass is 32.1. The van der Waals surface area contributed by atoms with Crippen molar-refractivity contribution in [1.29, 1.82) is 0 Å². The maximum atomic E-state index is 12.4. The van der Waals surface area contributed by atoms with E-state index in [9.17, 15) is 19.5 Å². The number of nitrogens with zero attached hydrogens (tertiary/aromatic N) is 1. The van der Waals surface area contributed by atoms with Crippen molar-refractivity contribution in [3.63, 3.8) is 0 Å². The molecule has 0 aliphatic rings. The number of aromatic hydroxyl groups is 1. The third-order valence-electron chi connectivity index (χ3n) is 4.23. The second kappa shape index (κ2) is 8.53. The molecule has 0 spiro atoms. The molecule has 1 atom stereocenters. The van der Waals surface area contributed by atoms with Gasteiger partial charge in [0.25, 0.3) is 17.0 Å². The van der Waals surface area contributed by atoms with Crippen LogP contribution < -0.4 is 21.8 Å². The van der Waals surface area contributed by atoms with E-state index in [4.69, 9.17) is 0 Å². The monoisotopic (exact) mass is 435 g/mol. The van der Waals surface area contributed by atoms with Crippen molar-refractivity contribution in [3.05, 3.63) is 53.4 Å². The lowest BCUT2D eigenvalue weighted by Gasteiger charge is -2.18. The van der Waals surface area contributed by atoms with E-state index in [1.165, 1.54) is 10.3 Å². The number of hydrogen-bond donors (Lipinski definition) is 5. The van der Waals surface area contributed by atoms with Crippen LogP contribution in [0.4, 0.5) is 17.1 Å². The standard InChI is InChI=1S/C18H21N5O4S2/c1-4-9(11-6-5-7-28-11)19-12-13(17(26)22-21-16(12)25)20-10-8-29-15(14(10)24)18(27)23(2)3/h5-9,24H,4H2,1-3H3,(H2,19,22,26)(H2,20,21,25). The lowest BCUT2D eigenvalue weighted by molar-refractivity contribution is 0.0829. The minimum atomic E-state index is -0.570. The molecule has 0 bridgehead atoms. The van der Waals surface area contributed by atoms with Crippen LogP contribution >= 0.6 is 22.7 Å². The summed E-state index contributed by atoms with van der Waals surface area (Å²) in [6.45, 7) is 1.97. The zero-order chi connectivity index (χ0) is 21.1. The second-order valence-electron chi connectivity index (χ2n) is 6.43. The summed E-state index contributed by atoms with van der Waals surface area (Å²) in [5, 5.41) is 24.4. The fourth-order valence-corrected chi connectivity index (χ4v) is 4.46. The Morgan fingerprint density at radius 1 is 1.21 bits per heavy atom. The van der Waals surface area contributed by atoms with Crippen molar-refractivity contribution in [1.82, 2.24) is 15.1 Å². The molecule has 0 radical (unpaired) electrons. The summed E-state index contributed by atoms with van der Waals surface area (Å²) < 4.78 is 0. The van der Waals surface area contributed by atoms with Crippen molar-refractivity contribution in [2.45, 2.75) is 19.4 Å². The Morgan fingerprint density at radius 2 is 1.90 bits per heavy atom. The molecular formula is C18H21N5O4S2. The number of aromatic amines is 2. The maximum absolute atomic E-state index is 12.4. The summed E-state index contributed by atoms with van der Waals surface area (Å²) in [5.74, 6) is -0.632. The minimum Gasteiger partial charge on any atom is -0.504 e. The van der Waals surface area contributed by atoms with E-state index in [1.54, 1.807) is 25.4 Å². The van der Waals surface area contributed by atoms with Gasteiger partial charge < -0.3 is 20.6 Å². The molecule has 9 nitrogen and oxygen atoms in total. The van der Waals surface area contributed by atoms with Gasteiger partial charge in [-0.25, -0.2) is 0 Å². The number of amides is 1. The average molecular weight is 436 g/mol. The van der Waals surface area contributed by atoms with Crippen molar-refractivity contribution in [2.24, 2.45) is 0 Å². The smallest absolute Gasteiger partial charge is 0.288 e. The molecule has 11 heteroatoms. The SMILES string of the molecule is CCC(Nc1c(Nc2csc(C(=O)N(C)C)c2O)c(=O)[nH][nH]c1=O)c1cccs1. The highest BCUT2D eigenvalue weighted by Gasteiger charge is 2.22. The van der Waals surface area contributed by atoms with Gasteiger partial charge in [-0.1, -0.05) is 13.0 Å². The topological polar surface area (TPSA) is 130 Å². The number of aromatic nitrogens is 2. The van der Waals surface area contributed by atoms with Gasteiger partial charge in [0.05, 0.1) is 11.7 Å². The fourth-order valence-electron chi connectivity index (χ4n) is 2.69. The van der Waals surface area contributed by atoms with Crippen LogP contribution in [0.3, 0.4) is 0 Å². The van der Waals surface area contributed by atoms with Gasteiger partial charge in [0.15, 0.2) is 5.75 Å². The molecule has 3 heterocycles. The predicted octanol–water partition coefficient (Wildman–Crippen LogP) is 2.90. The highest BCUT2D eigenvalue weighted by molar-refractivity contribution is 7.13. The molecule has 0 saturated carbocycles. The Kier molecular flexibility index (Phi) is 6.09. The number of thiophene rings is 2. The Morgan fingerprint density at radius 3 is 2.48 bits per heavy atom. The number of carbonyl (C=O) groups excluding carboxylic acids is 1. The third-order valence-corrected chi connectivity index (χ3v) is 6.18. The summed E-state index contributed by atoms with van der Waals surface area (Å²) in [4.78, 5) is 39.5. The molecule has 29 heavy (non-hydrogen) atoms. The summed E-state index contributed by atoms with van der Waals surface area (Å²) in [5.41, 5.74) is -0.898. The van der Waals surface area contributed by atoms with E-state index >= 15 is 0 Å². The first-order valence-electron chi connectivity index (χ1n) is 8.77. The molecule has 0 fully saturated rings. The van der Waals surface area contributed by atoms with E-state index in [1.807, 2.05) is 24.4 Å². The highest BCUT2D eigenvalue weighted by Crippen LogP contribution is 2.37. The Balaban J connectivity index is 1.99. The van der Waals surface area contributed by atoms with Gasteiger partial charge in [-0.3, -0.25) is 24.6 Å². The molecule has 154 valence electrons. The number of rotatable bonds is 7. The zero-order valence-electron chi connectivity index (χ0n) is 16.0. The van der Waals surface area contributed by atoms with Gasteiger partial charge in [0.2, 0.25) is 0 Å². The van der Waals surface area contributed by atoms with Gasteiger partial charge in [0.1, 0.15) is 16.3 Å². The molecule has 3 aromatic rings. The first-order valence-corrected chi connectivity index (χ1v) is 10.5. The number of carbonyl (C=O) groups is 1. The Labute approximate surface area is 174 Å². The predicted molar refractivity (Wildman–Crippen MR) is 116 cm³/mol. The first-order chi connectivity index (χ1) is 13.8. The molecule has 0 aliphatic carbocycles. The van der Waals surface area contributed by atoms with E-state index in [2.05, 4.69) is 20.8 Å². The normalized spacial score (nSPS) is 11.8. The van der Waals surface area contributed by atoms with Crippen molar-refractivity contribution in [2.75, 3.05) is 24.7 Å². The Hall–Kier alpha value is -3.05. The third kappa shape index (κ3) is 4.20. The van der Waals surface area contributed by atoms with E-state index in [-0.39, 0.29) is 39.6 Å². The maximum Gasteiger partial charge on any atom is 0.288 e. The van der Waals surface area contributed by atoms with Crippen LogP contribution in [0.2, 0.25) is 0 Å². The van der Waals surface area contributed by atoms with Crippen LogP contribution in [0.1, 0.15) is 33.9 Å². The molecule has 0 aliphatic heterocycles. The quantitative estimate of drug-likeness (QED) is 0.388. The lowest BCUT2D eigenvalue weighted by Crippen LogP contribution is -2.27. The van der Waals surface area contributed by atoms with Crippen molar-refractivity contribution >= 4 is 45.6 Å². The molecule has 0 saturated heterocycles. The average Bonchev–Trinajstić information content (AvgIpc) is 3.34.